The molecule has 0 atom stereocenters. The van der Waals surface area contributed by atoms with E-state index in [0.29, 0.717) is 0 Å². The summed E-state index contributed by atoms with van der Waals surface area (Å²) < 4.78 is 34.8. The molecule has 12 heavy (non-hydrogen) atoms. The monoisotopic (exact) mass is 186 g/mol. The third-order valence-corrected chi connectivity index (χ3v) is 1.17. The highest BCUT2D eigenvalue weighted by Crippen LogP contribution is 2.18. The molecule has 0 bridgehead atoms. The van der Waals surface area contributed by atoms with Crippen molar-refractivity contribution >= 4 is 5.97 Å². The number of hydrogen-bond donors (Lipinski definition) is 1. The Kier molecular flexibility index (Phi) is 3.09. The maximum absolute atomic E-state index is 11.8. The number of hydrogen-bond acceptors (Lipinski definition) is 1. The van der Waals surface area contributed by atoms with E-state index in [0.717, 1.165) is 0 Å². The third-order valence-electron chi connectivity index (χ3n) is 1.17. The van der Waals surface area contributed by atoms with Gasteiger partial charge in [0.05, 0.1) is 14.1 Å². The van der Waals surface area contributed by atoms with Crippen molar-refractivity contribution in [2.24, 2.45) is 0 Å². The summed E-state index contributed by atoms with van der Waals surface area (Å²) >= 11 is 0. The van der Waals surface area contributed by atoms with Crippen LogP contribution in [0.2, 0.25) is 0 Å². The van der Waals surface area contributed by atoms with Crippen molar-refractivity contribution in [1.82, 2.24) is 0 Å². The van der Waals surface area contributed by atoms with Crippen LogP contribution in [0.4, 0.5) is 13.2 Å². The molecule has 0 aromatic rings. The van der Waals surface area contributed by atoms with Gasteiger partial charge >= 0.3 is 12.1 Å². The number of carbonyl (C=O) groups is 1. The summed E-state index contributed by atoms with van der Waals surface area (Å²) in [7, 11) is 2.45. The molecule has 0 aliphatic rings. The first-order valence-corrected chi connectivity index (χ1v) is 3.23. The second-order valence-corrected chi connectivity index (χ2v) is 3.26. The van der Waals surface area contributed by atoms with E-state index >= 15 is 0 Å². The Labute approximate surface area is 68.0 Å². The number of halogens is 3. The maximum atomic E-state index is 11.8. The van der Waals surface area contributed by atoms with Crippen molar-refractivity contribution < 1.29 is 27.6 Å². The minimum atomic E-state index is -4.32. The first kappa shape index (κ1) is 11.2. The van der Waals surface area contributed by atoms with E-state index in [1.165, 1.54) is 14.1 Å². The minimum Gasteiger partial charge on any atom is -0.477 e. The fourth-order valence-corrected chi connectivity index (χ4v) is 0.907. The first-order valence-electron chi connectivity index (χ1n) is 3.23. The summed E-state index contributed by atoms with van der Waals surface area (Å²) in [5, 5.41) is 8.26. The summed E-state index contributed by atoms with van der Waals surface area (Å²) in [5.41, 5.74) is 0. The smallest absolute Gasteiger partial charge is 0.438 e. The number of carboxylic acids is 1. The number of rotatable bonds is 3. The molecule has 0 aliphatic heterocycles. The second kappa shape index (κ2) is 3.30. The van der Waals surface area contributed by atoms with Crippen molar-refractivity contribution in [2.75, 3.05) is 27.2 Å². The molecule has 72 valence electrons. The topological polar surface area (TPSA) is 37.3 Å². The largest absolute Gasteiger partial charge is 0.477 e. The lowest BCUT2D eigenvalue weighted by Crippen LogP contribution is -2.49. The van der Waals surface area contributed by atoms with Crippen molar-refractivity contribution in [3.8, 4) is 0 Å². The van der Waals surface area contributed by atoms with Crippen LogP contribution >= 0.6 is 0 Å². The van der Waals surface area contributed by atoms with Crippen LogP contribution in [0.1, 0.15) is 0 Å². The van der Waals surface area contributed by atoms with Gasteiger partial charge in [-0.15, -0.1) is 0 Å². The Bertz CT molecular complexity index is 176. The molecule has 0 saturated heterocycles. The fourth-order valence-electron chi connectivity index (χ4n) is 0.907. The van der Waals surface area contributed by atoms with Crippen LogP contribution in [-0.4, -0.2) is 48.9 Å². The Morgan fingerprint density at radius 1 is 1.42 bits per heavy atom. The lowest BCUT2D eigenvalue weighted by atomic mass is 10.4. The number of carboxylic acid groups (broad SMARTS) is 1. The van der Waals surface area contributed by atoms with Crippen molar-refractivity contribution in [1.29, 1.82) is 0 Å². The van der Waals surface area contributed by atoms with E-state index < -0.39 is 29.7 Å². The van der Waals surface area contributed by atoms with Gasteiger partial charge in [0.1, 0.15) is 0 Å². The van der Waals surface area contributed by atoms with Gasteiger partial charge in [-0.25, -0.2) is 4.79 Å². The van der Waals surface area contributed by atoms with Gasteiger partial charge in [-0.3, -0.25) is 0 Å². The van der Waals surface area contributed by atoms with E-state index in [1.54, 1.807) is 0 Å². The molecule has 0 radical (unpaired) electrons. The average molecular weight is 186 g/mol. The third kappa shape index (κ3) is 5.96. The van der Waals surface area contributed by atoms with E-state index in [9.17, 15) is 18.0 Å². The van der Waals surface area contributed by atoms with Crippen LogP contribution in [0.15, 0.2) is 0 Å². The molecule has 0 aromatic carbocycles. The van der Waals surface area contributed by atoms with Crippen LogP contribution in [0.25, 0.3) is 0 Å². The highest BCUT2D eigenvalue weighted by Gasteiger charge is 2.38. The SMILES string of the molecule is C[N+](C)(CC(=O)O)CC(F)(F)F. The molecule has 0 amide bonds. The van der Waals surface area contributed by atoms with Crippen LogP contribution < -0.4 is 0 Å². The molecule has 0 rings (SSSR count). The van der Waals surface area contributed by atoms with Gasteiger partial charge in [-0.05, 0) is 0 Å². The summed E-state index contributed by atoms with van der Waals surface area (Å²) in [5.74, 6) is -1.23. The Morgan fingerprint density at radius 3 is 2.08 bits per heavy atom. The molecule has 6 heteroatoms. The number of quaternary nitrogens is 1. The zero-order valence-electron chi connectivity index (χ0n) is 6.85. The van der Waals surface area contributed by atoms with E-state index in [2.05, 4.69) is 0 Å². The van der Waals surface area contributed by atoms with Crippen molar-refractivity contribution in [2.45, 2.75) is 6.18 Å². The molecule has 1 N–H and O–H groups in total. The lowest BCUT2D eigenvalue weighted by molar-refractivity contribution is -0.893. The number of aliphatic carboxylic acids is 1. The van der Waals surface area contributed by atoms with Gasteiger partial charge in [-0.1, -0.05) is 0 Å². The molecule has 0 aromatic heterocycles. The molecule has 0 aliphatic carbocycles. The highest BCUT2D eigenvalue weighted by molar-refractivity contribution is 5.67. The molecular formula is C6H11F3NO2+. The predicted molar refractivity (Wildman–Crippen MR) is 35.5 cm³/mol. The van der Waals surface area contributed by atoms with Crippen LogP contribution in [0.3, 0.4) is 0 Å². The molecule has 0 fully saturated rings. The molecule has 0 unspecified atom stereocenters. The van der Waals surface area contributed by atoms with Gasteiger partial charge < -0.3 is 9.59 Å². The van der Waals surface area contributed by atoms with Gasteiger partial charge in [-0.2, -0.15) is 13.2 Å². The number of alkyl halides is 3. The average Bonchev–Trinajstić information content (AvgIpc) is 1.48. The zero-order valence-corrected chi connectivity index (χ0v) is 6.85. The lowest BCUT2D eigenvalue weighted by Gasteiger charge is -2.28. The van der Waals surface area contributed by atoms with E-state index in [4.69, 9.17) is 5.11 Å². The number of likely N-dealkylation sites (N-methyl/N-ethyl adjacent to an activating group) is 1. The second-order valence-electron chi connectivity index (χ2n) is 3.26. The quantitative estimate of drug-likeness (QED) is 0.659. The zero-order chi connectivity index (χ0) is 9.99. The molecular weight excluding hydrogens is 175 g/mol. The Morgan fingerprint density at radius 2 is 1.83 bits per heavy atom. The molecule has 0 saturated carbocycles. The van der Waals surface area contributed by atoms with Crippen LogP contribution in [0.5, 0.6) is 0 Å². The summed E-state index contributed by atoms with van der Waals surface area (Å²) in [4.78, 5) is 10.1. The standard InChI is InChI=1S/C6H10F3NO2/c1-10(2,3-5(11)12)4-6(7,8)9/h3-4H2,1-2H3/p+1. The van der Waals surface area contributed by atoms with Gasteiger partial charge in [0.15, 0.2) is 13.1 Å². The van der Waals surface area contributed by atoms with Gasteiger partial charge in [0.25, 0.3) is 0 Å². The first-order chi connectivity index (χ1) is 5.12. The van der Waals surface area contributed by atoms with Crippen molar-refractivity contribution in [3.63, 3.8) is 0 Å². The predicted octanol–water partition coefficient (Wildman–Crippen LogP) is 0.710. The minimum absolute atomic E-state index is 0.528. The van der Waals surface area contributed by atoms with Crippen LogP contribution in [-0.2, 0) is 4.79 Å². The van der Waals surface area contributed by atoms with Crippen LogP contribution in [0, 0.1) is 0 Å². The summed E-state index contributed by atoms with van der Waals surface area (Å²) in [6, 6.07) is 0. The normalized spacial score (nSPS) is 13.1. The van der Waals surface area contributed by atoms with Crippen molar-refractivity contribution in [3.05, 3.63) is 0 Å². The number of nitrogens with zero attached hydrogens (tertiary/aromatic N) is 1. The van der Waals surface area contributed by atoms with Gasteiger partial charge in [0.2, 0.25) is 0 Å². The fraction of sp³-hybridized carbons (Fsp3) is 0.833. The van der Waals surface area contributed by atoms with E-state index in [-0.39, 0.29) is 0 Å². The Hall–Kier alpha value is -0.780. The molecule has 0 heterocycles. The Balaban J connectivity index is 4.13. The van der Waals surface area contributed by atoms with E-state index in [1.807, 2.05) is 0 Å². The highest BCUT2D eigenvalue weighted by atomic mass is 19.4. The molecule has 0 spiro atoms. The van der Waals surface area contributed by atoms with Gasteiger partial charge in [0, 0.05) is 0 Å². The maximum Gasteiger partial charge on any atom is 0.438 e. The molecule has 3 nitrogen and oxygen atoms in total. The summed E-state index contributed by atoms with van der Waals surface area (Å²) in [6.07, 6.45) is -4.32. The summed E-state index contributed by atoms with van der Waals surface area (Å²) in [6.45, 7) is -1.65.